The number of amides is 1. The fraction of sp³-hybridized carbons (Fsp3) is 0.933. The van der Waals surface area contributed by atoms with Gasteiger partial charge < -0.3 is 5.32 Å². The summed E-state index contributed by atoms with van der Waals surface area (Å²) >= 11 is 0. The second-order valence-corrected chi connectivity index (χ2v) is 5.38. The fourth-order valence-corrected chi connectivity index (χ4v) is 2.64. The first-order chi connectivity index (χ1) is 8.33. The van der Waals surface area contributed by atoms with Gasteiger partial charge >= 0.3 is 0 Å². The zero-order valence-electron chi connectivity index (χ0n) is 11.5. The van der Waals surface area contributed by atoms with Crippen LogP contribution in [0, 0.1) is 0 Å². The number of carbonyl (C=O) groups is 1. The van der Waals surface area contributed by atoms with Crippen LogP contribution in [0.15, 0.2) is 0 Å². The number of rotatable bonds is 2. The van der Waals surface area contributed by atoms with Gasteiger partial charge in [0.2, 0.25) is 5.91 Å². The SMILES string of the molecule is CCC(=O)NC1CCCCCCCCCCC1. The molecular weight excluding hydrogens is 210 g/mol. The predicted molar refractivity (Wildman–Crippen MR) is 73.0 cm³/mol. The molecule has 17 heavy (non-hydrogen) atoms. The minimum Gasteiger partial charge on any atom is -0.353 e. The van der Waals surface area contributed by atoms with Crippen molar-refractivity contribution in [3.8, 4) is 0 Å². The first-order valence-electron chi connectivity index (χ1n) is 7.62. The molecule has 0 aliphatic heterocycles. The highest BCUT2D eigenvalue weighted by Gasteiger charge is 2.11. The summed E-state index contributed by atoms with van der Waals surface area (Å²) in [6.45, 7) is 1.94. The Bertz CT molecular complexity index is 191. The summed E-state index contributed by atoms with van der Waals surface area (Å²) in [5, 5.41) is 3.18. The lowest BCUT2D eigenvalue weighted by Gasteiger charge is -2.19. The van der Waals surface area contributed by atoms with Crippen molar-refractivity contribution in [1.82, 2.24) is 5.32 Å². The van der Waals surface area contributed by atoms with Crippen molar-refractivity contribution in [2.45, 2.75) is 90.0 Å². The van der Waals surface area contributed by atoms with E-state index in [1.807, 2.05) is 6.92 Å². The van der Waals surface area contributed by atoms with Crippen molar-refractivity contribution < 1.29 is 4.79 Å². The smallest absolute Gasteiger partial charge is 0.219 e. The topological polar surface area (TPSA) is 29.1 Å². The molecule has 0 aromatic heterocycles. The van der Waals surface area contributed by atoms with Crippen molar-refractivity contribution in [1.29, 1.82) is 0 Å². The molecule has 1 rings (SSSR count). The largest absolute Gasteiger partial charge is 0.353 e. The molecule has 0 saturated heterocycles. The van der Waals surface area contributed by atoms with Crippen molar-refractivity contribution >= 4 is 5.91 Å². The Labute approximate surface area is 107 Å². The lowest BCUT2D eigenvalue weighted by molar-refractivity contribution is -0.121. The van der Waals surface area contributed by atoms with Crippen LogP contribution in [-0.2, 0) is 4.79 Å². The molecule has 0 aromatic rings. The highest BCUT2D eigenvalue weighted by Crippen LogP contribution is 2.16. The van der Waals surface area contributed by atoms with Gasteiger partial charge in [0.25, 0.3) is 0 Å². The molecule has 2 nitrogen and oxygen atoms in total. The molecule has 0 spiro atoms. The average Bonchev–Trinajstić information content (AvgIpc) is 2.32. The lowest BCUT2D eigenvalue weighted by atomic mass is 9.98. The van der Waals surface area contributed by atoms with Gasteiger partial charge in [-0.25, -0.2) is 0 Å². The van der Waals surface area contributed by atoms with Gasteiger partial charge in [-0.1, -0.05) is 64.7 Å². The summed E-state index contributed by atoms with van der Waals surface area (Å²) in [5.41, 5.74) is 0. The monoisotopic (exact) mass is 239 g/mol. The number of nitrogens with one attached hydrogen (secondary N) is 1. The molecule has 1 aliphatic carbocycles. The minimum atomic E-state index is 0.224. The van der Waals surface area contributed by atoms with Crippen molar-refractivity contribution in [3.05, 3.63) is 0 Å². The van der Waals surface area contributed by atoms with Crippen LogP contribution < -0.4 is 5.32 Å². The Hall–Kier alpha value is -0.530. The van der Waals surface area contributed by atoms with Gasteiger partial charge in [0, 0.05) is 12.5 Å². The first-order valence-corrected chi connectivity index (χ1v) is 7.62. The third-order valence-electron chi connectivity index (χ3n) is 3.79. The summed E-state index contributed by atoms with van der Waals surface area (Å²) in [5.74, 6) is 0.224. The molecule has 1 saturated carbocycles. The van der Waals surface area contributed by atoms with E-state index in [4.69, 9.17) is 0 Å². The highest BCUT2D eigenvalue weighted by atomic mass is 16.1. The Kier molecular flexibility index (Phi) is 8.12. The van der Waals surface area contributed by atoms with Crippen LogP contribution in [-0.4, -0.2) is 11.9 Å². The van der Waals surface area contributed by atoms with E-state index < -0.39 is 0 Å². The van der Waals surface area contributed by atoms with Crippen LogP contribution in [0.5, 0.6) is 0 Å². The van der Waals surface area contributed by atoms with E-state index in [0.29, 0.717) is 12.5 Å². The molecule has 1 aliphatic rings. The molecule has 1 fully saturated rings. The van der Waals surface area contributed by atoms with E-state index in [1.165, 1.54) is 70.6 Å². The number of hydrogen-bond acceptors (Lipinski definition) is 1. The molecule has 100 valence electrons. The maximum absolute atomic E-state index is 11.4. The maximum Gasteiger partial charge on any atom is 0.219 e. The van der Waals surface area contributed by atoms with Crippen LogP contribution in [0.3, 0.4) is 0 Å². The van der Waals surface area contributed by atoms with Gasteiger partial charge in [-0.2, -0.15) is 0 Å². The molecule has 0 heterocycles. The van der Waals surface area contributed by atoms with Crippen molar-refractivity contribution in [3.63, 3.8) is 0 Å². The van der Waals surface area contributed by atoms with E-state index in [0.717, 1.165) is 0 Å². The molecule has 0 bridgehead atoms. The van der Waals surface area contributed by atoms with Gasteiger partial charge in [0.15, 0.2) is 0 Å². The quantitative estimate of drug-likeness (QED) is 0.769. The van der Waals surface area contributed by atoms with E-state index >= 15 is 0 Å². The third kappa shape index (κ3) is 7.40. The van der Waals surface area contributed by atoms with Gasteiger partial charge in [0.1, 0.15) is 0 Å². The van der Waals surface area contributed by atoms with Crippen LogP contribution in [0.4, 0.5) is 0 Å². The average molecular weight is 239 g/mol. The Morgan fingerprint density at radius 1 is 0.882 bits per heavy atom. The Balaban J connectivity index is 2.29. The molecule has 0 unspecified atom stereocenters. The van der Waals surface area contributed by atoms with Crippen molar-refractivity contribution in [2.24, 2.45) is 0 Å². The summed E-state index contributed by atoms with van der Waals surface area (Å²) in [4.78, 5) is 11.4. The summed E-state index contributed by atoms with van der Waals surface area (Å²) in [6, 6.07) is 0.446. The van der Waals surface area contributed by atoms with Gasteiger partial charge in [-0.05, 0) is 12.8 Å². The highest BCUT2D eigenvalue weighted by molar-refractivity contribution is 5.75. The Morgan fingerprint density at radius 3 is 1.71 bits per heavy atom. The molecule has 0 aromatic carbocycles. The van der Waals surface area contributed by atoms with Gasteiger partial charge in [0.05, 0.1) is 0 Å². The Morgan fingerprint density at radius 2 is 1.29 bits per heavy atom. The summed E-state index contributed by atoms with van der Waals surface area (Å²) < 4.78 is 0. The van der Waals surface area contributed by atoms with E-state index in [1.54, 1.807) is 0 Å². The van der Waals surface area contributed by atoms with Crippen molar-refractivity contribution in [2.75, 3.05) is 0 Å². The fourth-order valence-electron chi connectivity index (χ4n) is 2.64. The second kappa shape index (κ2) is 9.49. The molecule has 2 heteroatoms. The maximum atomic E-state index is 11.4. The van der Waals surface area contributed by atoms with Crippen LogP contribution in [0.1, 0.15) is 84.0 Å². The number of hydrogen-bond donors (Lipinski definition) is 1. The first kappa shape index (κ1) is 14.5. The number of carbonyl (C=O) groups excluding carboxylic acids is 1. The van der Waals surface area contributed by atoms with Gasteiger partial charge in [-0.15, -0.1) is 0 Å². The zero-order chi connectivity index (χ0) is 12.3. The molecular formula is C15H29NO. The van der Waals surface area contributed by atoms with Crippen LogP contribution in [0.25, 0.3) is 0 Å². The summed E-state index contributed by atoms with van der Waals surface area (Å²) in [7, 11) is 0. The predicted octanol–water partition coefficient (Wildman–Crippen LogP) is 4.19. The molecule has 0 atom stereocenters. The normalized spacial score (nSPS) is 21.2. The zero-order valence-corrected chi connectivity index (χ0v) is 11.5. The van der Waals surface area contributed by atoms with Crippen LogP contribution >= 0.6 is 0 Å². The lowest BCUT2D eigenvalue weighted by Crippen LogP contribution is -2.34. The van der Waals surface area contributed by atoms with E-state index in [-0.39, 0.29) is 5.91 Å². The molecule has 1 N–H and O–H groups in total. The standard InChI is InChI=1S/C15H29NO/c1-2-15(17)16-14-12-10-8-6-4-3-5-7-9-11-13-14/h14H,2-13H2,1H3,(H,16,17). The van der Waals surface area contributed by atoms with Crippen LogP contribution in [0.2, 0.25) is 0 Å². The van der Waals surface area contributed by atoms with E-state index in [9.17, 15) is 4.79 Å². The minimum absolute atomic E-state index is 0.224. The molecule has 0 radical (unpaired) electrons. The third-order valence-corrected chi connectivity index (χ3v) is 3.79. The summed E-state index contributed by atoms with van der Waals surface area (Å²) in [6.07, 6.45) is 15.3. The second-order valence-electron chi connectivity index (χ2n) is 5.38. The van der Waals surface area contributed by atoms with E-state index in [2.05, 4.69) is 5.32 Å². The van der Waals surface area contributed by atoms with Gasteiger partial charge in [-0.3, -0.25) is 4.79 Å². The molecule has 1 amide bonds.